The molecule has 18 heavy (non-hydrogen) atoms. The van der Waals surface area contributed by atoms with Gasteiger partial charge in [0.1, 0.15) is 6.07 Å². The van der Waals surface area contributed by atoms with Crippen LogP contribution >= 0.6 is 0 Å². The number of nitrogens with one attached hydrogen (secondary N) is 1. The molecule has 1 aromatic carbocycles. The highest BCUT2D eigenvalue weighted by atomic mass is 14.8. The van der Waals surface area contributed by atoms with Gasteiger partial charge >= 0.3 is 0 Å². The molecule has 1 aromatic heterocycles. The predicted molar refractivity (Wildman–Crippen MR) is 74.6 cm³/mol. The fourth-order valence-corrected chi connectivity index (χ4v) is 2.13. The maximum atomic E-state index is 9.09. The van der Waals surface area contributed by atoms with E-state index < -0.39 is 0 Å². The minimum Gasteiger partial charge on any atom is -0.386 e. The molecule has 0 amide bonds. The molecule has 0 aliphatic heterocycles. The highest BCUT2D eigenvalue weighted by molar-refractivity contribution is 5.94. The molecule has 1 heterocycles. The Balaban J connectivity index is 2.55. The molecular weight excluding hydrogens is 222 g/mol. The van der Waals surface area contributed by atoms with Gasteiger partial charge < -0.3 is 5.32 Å². The topological polar surface area (TPSA) is 48.7 Å². The molecule has 0 atom stereocenters. The van der Waals surface area contributed by atoms with Crippen molar-refractivity contribution in [1.82, 2.24) is 4.98 Å². The van der Waals surface area contributed by atoms with Crippen molar-refractivity contribution >= 4 is 16.6 Å². The van der Waals surface area contributed by atoms with Crippen LogP contribution in [0, 0.1) is 11.3 Å². The maximum absolute atomic E-state index is 9.09. The van der Waals surface area contributed by atoms with Crippen LogP contribution in [0.4, 0.5) is 5.69 Å². The van der Waals surface area contributed by atoms with E-state index in [1.165, 1.54) is 18.4 Å². The van der Waals surface area contributed by atoms with E-state index in [1.54, 1.807) is 6.20 Å². The molecule has 0 fully saturated rings. The molecule has 0 bridgehead atoms. The van der Waals surface area contributed by atoms with E-state index in [1.807, 2.05) is 13.1 Å². The van der Waals surface area contributed by atoms with Gasteiger partial charge in [-0.1, -0.05) is 19.4 Å². The fraction of sp³-hybridized carbons (Fsp3) is 0.333. The number of hydrogen-bond donors (Lipinski definition) is 1. The van der Waals surface area contributed by atoms with Crippen molar-refractivity contribution in [3.8, 4) is 6.07 Å². The van der Waals surface area contributed by atoms with Crippen molar-refractivity contribution in [3.05, 3.63) is 35.5 Å². The van der Waals surface area contributed by atoms with Crippen LogP contribution in [-0.2, 0) is 6.42 Å². The Morgan fingerprint density at radius 2 is 2.22 bits per heavy atom. The fourth-order valence-electron chi connectivity index (χ4n) is 2.13. The molecular formula is C15H17N3. The number of fused-ring (bicyclic) bond motifs is 1. The monoisotopic (exact) mass is 239 g/mol. The number of rotatable bonds is 4. The summed E-state index contributed by atoms with van der Waals surface area (Å²) < 4.78 is 0. The zero-order chi connectivity index (χ0) is 13.0. The average molecular weight is 239 g/mol. The Hall–Kier alpha value is -2.08. The summed E-state index contributed by atoms with van der Waals surface area (Å²) >= 11 is 0. The molecule has 2 aromatic rings. The van der Waals surface area contributed by atoms with Crippen LogP contribution in [0.2, 0.25) is 0 Å². The number of pyridine rings is 1. The zero-order valence-corrected chi connectivity index (χ0v) is 10.8. The maximum Gasteiger partial charge on any atom is 0.103 e. The molecule has 92 valence electrons. The number of aryl methyl sites for hydroxylation is 1. The van der Waals surface area contributed by atoms with Gasteiger partial charge in [-0.05, 0) is 30.5 Å². The van der Waals surface area contributed by atoms with Crippen molar-refractivity contribution in [1.29, 1.82) is 5.26 Å². The summed E-state index contributed by atoms with van der Waals surface area (Å²) in [4.78, 5) is 4.32. The molecule has 0 aliphatic rings. The quantitative estimate of drug-likeness (QED) is 0.888. The van der Waals surface area contributed by atoms with Gasteiger partial charge in [0.05, 0.1) is 16.8 Å². The van der Waals surface area contributed by atoms with E-state index in [0.717, 1.165) is 23.0 Å². The van der Waals surface area contributed by atoms with E-state index in [-0.39, 0.29) is 0 Å². The molecule has 0 unspecified atom stereocenters. The normalized spacial score (nSPS) is 10.3. The van der Waals surface area contributed by atoms with Crippen LogP contribution < -0.4 is 5.32 Å². The Bertz CT molecular complexity index is 596. The molecule has 3 nitrogen and oxygen atoms in total. The van der Waals surface area contributed by atoms with Gasteiger partial charge in [-0.3, -0.25) is 4.98 Å². The minimum atomic E-state index is 0.595. The first kappa shape index (κ1) is 12.4. The second-order valence-electron chi connectivity index (χ2n) is 4.36. The molecule has 0 aliphatic carbocycles. The van der Waals surface area contributed by atoms with E-state index in [0.29, 0.717) is 5.56 Å². The molecule has 1 N–H and O–H groups in total. The third-order valence-corrected chi connectivity index (χ3v) is 3.12. The largest absolute Gasteiger partial charge is 0.386 e. The molecule has 3 heteroatoms. The molecule has 0 saturated carbocycles. The molecule has 0 radical (unpaired) electrons. The SMILES string of the molecule is CCCCc1ccc2ncc(C#N)c(NC)c2c1. The van der Waals surface area contributed by atoms with Crippen molar-refractivity contribution in [2.45, 2.75) is 26.2 Å². The van der Waals surface area contributed by atoms with E-state index in [9.17, 15) is 0 Å². The van der Waals surface area contributed by atoms with Gasteiger partial charge in [-0.25, -0.2) is 0 Å². The molecule has 0 saturated heterocycles. The summed E-state index contributed by atoms with van der Waals surface area (Å²) in [6.45, 7) is 2.19. The third kappa shape index (κ3) is 2.28. The molecule has 0 spiro atoms. The summed E-state index contributed by atoms with van der Waals surface area (Å²) in [6.07, 6.45) is 5.07. The van der Waals surface area contributed by atoms with Crippen LogP contribution in [0.5, 0.6) is 0 Å². The number of unbranched alkanes of at least 4 members (excludes halogenated alkanes) is 1. The van der Waals surface area contributed by atoms with Crippen LogP contribution in [-0.4, -0.2) is 12.0 Å². The van der Waals surface area contributed by atoms with Gasteiger partial charge in [-0.2, -0.15) is 5.26 Å². The first-order valence-electron chi connectivity index (χ1n) is 6.29. The number of hydrogen-bond acceptors (Lipinski definition) is 3. The lowest BCUT2D eigenvalue weighted by Crippen LogP contribution is -1.96. The van der Waals surface area contributed by atoms with Crippen molar-refractivity contribution in [2.24, 2.45) is 0 Å². The standard InChI is InChI=1S/C15H17N3/c1-3-4-5-11-6-7-14-13(8-11)15(17-2)12(9-16)10-18-14/h6-8,10H,3-5H2,1-2H3,(H,17,18). The Kier molecular flexibility index (Phi) is 3.78. The third-order valence-electron chi connectivity index (χ3n) is 3.12. The second-order valence-corrected chi connectivity index (χ2v) is 4.36. The van der Waals surface area contributed by atoms with Gasteiger partial charge in [0.15, 0.2) is 0 Å². The predicted octanol–water partition coefficient (Wildman–Crippen LogP) is 3.49. The second kappa shape index (κ2) is 5.50. The van der Waals surface area contributed by atoms with Crippen LogP contribution in [0.1, 0.15) is 30.9 Å². The van der Waals surface area contributed by atoms with Crippen molar-refractivity contribution in [3.63, 3.8) is 0 Å². The Morgan fingerprint density at radius 1 is 1.39 bits per heavy atom. The van der Waals surface area contributed by atoms with Crippen LogP contribution in [0.15, 0.2) is 24.4 Å². The minimum absolute atomic E-state index is 0.595. The van der Waals surface area contributed by atoms with Gasteiger partial charge in [-0.15, -0.1) is 0 Å². The Morgan fingerprint density at radius 3 is 2.89 bits per heavy atom. The van der Waals surface area contributed by atoms with Crippen LogP contribution in [0.3, 0.4) is 0 Å². The van der Waals surface area contributed by atoms with Crippen molar-refractivity contribution < 1.29 is 0 Å². The lowest BCUT2D eigenvalue weighted by Gasteiger charge is -2.09. The summed E-state index contributed by atoms with van der Waals surface area (Å²) in [5.41, 5.74) is 3.70. The number of nitriles is 1. The zero-order valence-electron chi connectivity index (χ0n) is 10.8. The van der Waals surface area contributed by atoms with Gasteiger partial charge in [0.25, 0.3) is 0 Å². The number of benzene rings is 1. The number of nitrogens with zero attached hydrogens (tertiary/aromatic N) is 2. The lowest BCUT2D eigenvalue weighted by atomic mass is 10.0. The average Bonchev–Trinajstić information content (AvgIpc) is 2.43. The summed E-state index contributed by atoms with van der Waals surface area (Å²) in [5.74, 6) is 0. The van der Waals surface area contributed by atoms with Crippen molar-refractivity contribution in [2.75, 3.05) is 12.4 Å². The highest BCUT2D eigenvalue weighted by Gasteiger charge is 2.07. The lowest BCUT2D eigenvalue weighted by molar-refractivity contribution is 0.796. The summed E-state index contributed by atoms with van der Waals surface area (Å²) in [7, 11) is 1.84. The summed E-state index contributed by atoms with van der Waals surface area (Å²) in [5, 5.41) is 13.2. The Labute approximate surface area is 107 Å². The first-order chi connectivity index (χ1) is 8.80. The first-order valence-corrected chi connectivity index (χ1v) is 6.29. The van der Waals surface area contributed by atoms with Crippen LogP contribution in [0.25, 0.3) is 10.9 Å². The van der Waals surface area contributed by atoms with E-state index in [4.69, 9.17) is 5.26 Å². The highest BCUT2D eigenvalue weighted by Crippen LogP contribution is 2.26. The molecule has 2 rings (SSSR count). The summed E-state index contributed by atoms with van der Waals surface area (Å²) in [6, 6.07) is 8.47. The van der Waals surface area contributed by atoms with Gasteiger partial charge in [0, 0.05) is 18.6 Å². The number of aromatic nitrogens is 1. The van der Waals surface area contributed by atoms with E-state index in [2.05, 4.69) is 35.4 Å². The smallest absolute Gasteiger partial charge is 0.103 e. The van der Waals surface area contributed by atoms with Gasteiger partial charge in [0.2, 0.25) is 0 Å². The number of anilines is 1. The van der Waals surface area contributed by atoms with E-state index >= 15 is 0 Å².